The number of carbonyl (C=O) groups is 1. The quantitative estimate of drug-likeness (QED) is 0.605. The molecule has 1 N–H and O–H groups in total. The van der Waals surface area contributed by atoms with E-state index in [4.69, 9.17) is 0 Å². The lowest BCUT2D eigenvalue weighted by Gasteiger charge is -2.07. The standard InChI is InChI=1S/C19H15F2NO3S2/c20-15-6-8-17(21)14(10-15)12-27(24,25)22-11-16-7-9-18(26-16)19(23)13-4-2-1-3-5-13/h1-10,22H,11-12H2. The summed E-state index contributed by atoms with van der Waals surface area (Å²) in [6.07, 6.45) is 0. The summed E-state index contributed by atoms with van der Waals surface area (Å²) in [5.74, 6) is -2.30. The Morgan fingerprint density at radius 2 is 1.74 bits per heavy atom. The van der Waals surface area contributed by atoms with Crippen molar-refractivity contribution in [3.63, 3.8) is 0 Å². The van der Waals surface area contributed by atoms with Gasteiger partial charge in [-0.3, -0.25) is 4.79 Å². The summed E-state index contributed by atoms with van der Waals surface area (Å²) >= 11 is 1.18. The van der Waals surface area contributed by atoms with Crippen molar-refractivity contribution in [3.8, 4) is 0 Å². The molecule has 0 atom stereocenters. The van der Waals surface area contributed by atoms with Crippen molar-refractivity contribution in [2.24, 2.45) is 0 Å². The van der Waals surface area contributed by atoms with E-state index < -0.39 is 27.4 Å². The molecule has 0 bridgehead atoms. The van der Waals surface area contributed by atoms with Crippen LogP contribution in [-0.2, 0) is 22.3 Å². The van der Waals surface area contributed by atoms with Crippen molar-refractivity contribution < 1.29 is 22.0 Å². The average molecular weight is 407 g/mol. The number of ketones is 1. The van der Waals surface area contributed by atoms with Crippen molar-refractivity contribution in [1.82, 2.24) is 4.72 Å². The van der Waals surface area contributed by atoms with Crippen LogP contribution in [0.3, 0.4) is 0 Å². The van der Waals surface area contributed by atoms with Gasteiger partial charge in [0.2, 0.25) is 15.8 Å². The van der Waals surface area contributed by atoms with Gasteiger partial charge in [0.1, 0.15) is 11.6 Å². The van der Waals surface area contributed by atoms with Gasteiger partial charge in [-0.05, 0) is 30.3 Å². The summed E-state index contributed by atoms with van der Waals surface area (Å²) in [6, 6.07) is 14.7. The minimum Gasteiger partial charge on any atom is -0.288 e. The molecule has 0 amide bonds. The molecule has 0 aliphatic heterocycles. The average Bonchev–Trinajstić information content (AvgIpc) is 3.12. The lowest BCUT2D eigenvalue weighted by Crippen LogP contribution is -2.24. The summed E-state index contributed by atoms with van der Waals surface area (Å²) in [4.78, 5) is 13.5. The van der Waals surface area contributed by atoms with Gasteiger partial charge in [0.15, 0.2) is 0 Å². The Balaban J connectivity index is 1.65. The first-order valence-corrected chi connectivity index (χ1v) is 10.4. The molecule has 4 nitrogen and oxygen atoms in total. The number of halogens is 2. The molecule has 0 fully saturated rings. The second-order valence-electron chi connectivity index (χ2n) is 5.78. The summed E-state index contributed by atoms with van der Waals surface area (Å²) < 4.78 is 53.4. The molecule has 2 aromatic carbocycles. The zero-order chi connectivity index (χ0) is 19.4. The Bertz CT molecular complexity index is 1060. The Morgan fingerprint density at radius 3 is 2.48 bits per heavy atom. The SMILES string of the molecule is O=C(c1ccccc1)c1ccc(CNS(=O)(=O)Cc2cc(F)ccc2F)s1. The van der Waals surface area contributed by atoms with Crippen LogP contribution in [0.15, 0.2) is 60.7 Å². The van der Waals surface area contributed by atoms with Gasteiger partial charge < -0.3 is 0 Å². The maximum absolute atomic E-state index is 13.6. The highest BCUT2D eigenvalue weighted by Crippen LogP contribution is 2.20. The fraction of sp³-hybridized carbons (Fsp3) is 0.105. The third-order valence-electron chi connectivity index (χ3n) is 3.74. The molecule has 0 aliphatic rings. The first kappa shape index (κ1) is 19.3. The van der Waals surface area contributed by atoms with E-state index >= 15 is 0 Å². The van der Waals surface area contributed by atoms with Gasteiger partial charge in [0, 0.05) is 22.5 Å². The van der Waals surface area contributed by atoms with E-state index in [1.54, 1.807) is 36.4 Å². The number of benzene rings is 2. The van der Waals surface area contributed by atoms with Crippen LogP contribution in [0.5, 0.6) is 0 Å². The largest absolute Gasteiger partial charge is 0.288 e. The summed E-state index contributed by atoms with van der Waals surface area (Å²) in [5, 5.41) is 0. The molecule has 1 aromatic heterocycles. The Morgan fingerprint density at radius 1 is 1.00 bits per heavy atom. The van der Waals surface area contributed by atoms with Gasteiger partial charge in [0.25, 0.3) is 0 Å². The van der Waals surface area contributed by atoms with Crippen molar-refractivity contribution in [1.29, 1.82) is 0 Å². The topological polar surface area (TPSA) is 63.2 Å². The molecule has 0 saturated carbocycles. The van der Waals surface area contributed by atoms with E-state index in [9.17, 15) is 22.0 Å². The second kappa shape index (κ2) is 8.08. The summed E-state index contributed by atoms with van der Waals surface area (Å²) in [5.41, 5.74) is 0.307. The highest BCUT2D eigenvalue weighted by Gasteiger charge is 2.17. The van der Waals surface area contributed by atoms with Crippen LogP contribution in [0.25, 0.3) is 0 Å². The monoisotopic (exact) mass is 407 g/mol. The van der Waals surface area contributed by atoms with Gasteiger partial charge in [0.05, 0.1) is 10.6 Å². The lowest BCUT2D eigenvalue weighted by molar-refractivity contribution is 0.104. The van der Waals surface area contributed by atoms with Crippen LogP contribution in [0, 0.1) is 11.6 Å². The fourth-order valence-electron chi connectivity index (χ4n) is 2.42. The number of nitrogens with one attached hydrogen (secondary N) is 1. The van der Waals surface area contributed by atoms with Gasteiger partial charge in [-0.25, -0.2) is 21.9 Å². The lowest BCUT2D eigenvalue weighted by atomic mass is 10.1. The highest BCUT2D eigenvalue weighted by atomic mass is 32.2. The predicted octanol–water partition coefficient (Wildman–Crippen LogP) is 3.88. The third-order valence-corrected chi connectivity index (χ3v) is 6.10. The number of hydrogen-bond donors (Lipinski definition) is 1. The minimum atomic E-state index is -3.87. The van der Waals surface area contributed by atoms with E-state index in [0.717, 1.165) is 18.2 Å². The first-order valence-electron chi connectivity index (χ1n) is 7.94. The Labute approximate surface area is 159 Å². The molecule has 27 heavy (non-hydrogen) atoms. The molecule has 0 spiro atoms. The van der Waals surface area contributed by atoms with Crippen molar-refractivity contribution >= 4 is 27.1 Å². The maximum atomic E-state index is 13.6. The number of sulfonamides is 1. The molecule has 3 rings (SSSR count). The molecule has 3 aromatic rings. The Kier molecular flexibility index (Phi) is 5.79. The Hall–Kier alpha value is -2.42. The molecule has 140 valence electrons. The van der Waals surface area contributed by atoms with Crippen LogP contribution >= 0.6 is 11.3 Å². The fourth-order valence-corrected chi connectivity index (χ4v) is 4.53. The summed E-state index contributed by atoms with van der Waals surface area (Å²) in [7, 11) is -3.87. The van der Waals surface area contributed by atoms with E-state index in [-0.39, 0.29) is 17.9 Å². The number of thiophene rings is 1. The van der Waals surface area contributed by atoms with Gasteiger partial charge in [-0.2, -0.15) is 0 Å². The minimum absolute atomic E-state index is 0.0357. The maximum Gasteiger partial charge on any atom is 0.216 e. The van der Waals surface area contributed by atoms with Crippen LogP contribution in [0.2, 0.25) is 0 Å². The predicted molar refractivity (Wildman–Crippen MR) is 100 cm³/mol. The van der Waals surface area contributed by atoms with Gasteiger partial charge >= 0.3 is 0 Å². The zero-order valence-corrected chi connectivity index (χ0v) is 15.6. The highest BCUT2D eigenvalue weighted by molar-refractivity contribution is 7.88. The van der Waals surface area contributed by atoms with Gasteiger partial charge in [-0.1, -0.05) is 30.3 Å². The number of carbonyl (C=O) groups excluding carboxylic acids is 1. The molecular formula is C19H15F2NO3S2. The third kappa shape index (κ3) is 5.06. The van der Waals surface area contributed by atoms with Crippen LogP contribution in [0.1, 0.15) is 25.7 Å². The molecule has 0 saturated heterocycles. The van der Waals surface area contributed by atoms with Crippen LogP contribution < -0.4 is 4.72 Å². The molecule has 0 radical (unpaired) electrons. The second-order valence-corrected chi connectivity index (χ2v) is 8.75. The smallest absolute Gasteiger partial charge is 0.216 e. The van der Waals surface area contributed by atoms with E-state index in [0.29, 0.717) is 15.3 Å². The molecule has 0 unspecified atom stereocenters. The molecule has 1 heterocycles. The first-order chi connectivity index (χ1) is 12.8. The van der Waals surface area contributed by atoms with Crippen LogP contribution in [-0.4, -0.2) is 14.2 Å². The van der Waals surface area contributed by atoms with E-state index in [1.807, 2.05) is 6.07 Å². The zero-order valence-electron chi connectivity index (χ0n) is 14.0. The number of rotatable bonds is 7. The summed E-state index contributed by atoms with van der Waals surface area (Å²) in [6.45, 7) is -0.0357. The molecular weight excluding hydrogens is 392 g/mol. The van der Waals surface area contributed by atoms with E-state index in [2.05, 4.69) is 4.72 Å². The normalized spacial score (nSPS) is 11.5. The molecule has 8 heteroatoms. The van der Waals surface area contributed by atoms with Crippen molar-refractivity contribution in [3.05, 3.63) is 93.2 Å². The van der Waals surface area contributed by atoms with Gasteiger partial charge in [-0.15, -0.1) is 11.3 Å². The molecule has 0 aliphatic carbocycles. The van der Waals surface area contributed by atoms with Crippen LogP contribution in [0.4, 0.5) is 8.78 Å². The van der Waals surface area contributed by atoms with Crippen molar-refractivity contribution in [2.75, 3.05) is 0 Å². The van der Waals surface area contributed by atoms with Crippen molar-refractivity contribution in [2.45, 2.75) is 12.3 Å². The number of hydrogen-bond acceptors (Lipinski definition) is 4. The van der Waals surface area contributed by atoms with E-state index in [1.165, 1.54) is 11.3 Å².